The van der Waals surface area contributed by atoms with Gasteiger partial charge in [0, 0.05) is 6.42 Å². The molecule has 4 nitrogen and oxygen atoms in total. The van der Waals surface area contributed by atoms with Gasteiger partial charge in [-0.3, -0.25) is 4.55 Å². The molecular formula is C7H8F8O4S. The van der Waals surface area contributed by atoms with E-state index < -0.39 is 46.4 Å². The molecule has 20 heavy (non-hydrogen) atoms. The largest absolute Gasteiger partial charge is 0.460 e. The van der Waals surface area contributed by atoms with Crippen molar-refractivity contribution in [3.05, 3.63) is 0 Å². The molecule has 0 fully saturated rings. The first kappa shape index (κ1) is 19.3. The first-order valence-corrected chi connectivity index (χ1v) is 6.14. The highest BCUT2D eigenvalue weighted by Crippen LogP contribution is 2.47. The van der Waals surface area contributed by atoms with Crippen LogP contribution in [-0.4, -0.2) is 36.4 Å². The third-order valence-corrected chi connectivity index (χ3v) is 2.79. The minimum absolute atomic E-state index is 0.633. The lowest BCUT2D eigenvalue weighted by Crippen LogP contribution is -2.55. The van der Waals surface area contributed by atoms with Gasteiger partial charge in [-0.05, 0) is 0 Å². The van der Waals surface area contributed by atoms with E-state index in [1.807, 2.05) is 4.74 Å². The molecule has 0 aromatic heterocycles. The quantitative estimate of drug-likeness (QED) is 0.571. The van der Waals surface area contributed by atoms with Crippen LogP contribution in [0.1, 0.15) is 19.8 Å². The number of halogens is 8. The lowest BCUT2D eigenvalue weighted by Gasteiger charge is -2.31. The van der Waals surface area contributed by atoms with E-state index >= 15 is 0 Å². The number of alkyl halides is 8. The Labute approximate surface area is 107 Å². The highest BCUT2D eigenvalue weighted by molar-refractivity contribution is 7.86. The SMILES string of the molecule is CCCC(F)(F)C(F)(F)OC(F)(F)C(F)(F)S(=O)(=O)O. The van der Waals surface area contributed by atoms with E-state index in [1.54, 1.807) is 0 Å². The van der Waals surface area contributed by atoms with Crippen molar-refractivity contribution in [3.8, 4) is 0 Å². The standard InChI is InChI=1S/C7H8F8O4S/c1-2-3-4(8,9)5(10,11)19-6(12,13)7(14,15)20(16,17)18/h2-3H2,1H3,(H,16,17,18). The molecule has 0 saturated heterocycles. The molecule has 0 atom stereocenters. The Hall–Kier alpha value is -0.690. The Balaban J connectivity index is 5.49. The smallest absolute Gasteiger partial charge is 0.281 e. The third kappa shape index (κ3) is 3.49. The number of hydrogen-bond donors (Lipinski definition) is 1. The van der Waals surface area contributed by atoms with Crippen molar-refractivity contribution in [2.45, 2.75) is 43.2 Å². The second kappa shape index (κ2) is 5.26. The van der Waals surface area contributed by atoms with Gasteiger partial charge in [-0.25, -0.2) is 4.74 Å². The molecule has 13 heteroatoms. The van der Waals surface area contributed by atoms with E-state index in [-0.39, 0.29) is 0 Å². The molecule has 0 aromatic rings. The maximum atomic E-state index is 12.8. The summed E-state index contributed by atoms with van der Waals surface area (Å²) in [6.07, 6.45) is -15.0. The van der Waals surface area contributed by atoms with Crippen LogP contribution in [0.4, 0.5) is 35.1 Å². The van der Waals surface area contributed by atoms with Gasteiger partial charge in [0.1, 0.15) is 0 Å². The van der Waals surface area contributed by atoms with Gasteiger partial charge in [-0.2, -0.15) is 43.5 Å². The van der Waals surface area contributed by atoms with Crippen molar-refractivity contribution in [3.63, 3.8) is 0 Å². The van der Waals surface area contributed by atoms with Crippen LogP contribution in [0.15, 0.2) is 0 Å². The number of rotatable bonds is 7. The molecule has 0 radical (unpaired) electrons. The van der Waals surface area contributed by atoms with Crippen LogP contribution in [0, 0.1) is 0 Å². The first-order chi connectivity index (χ1) is 8.52. The molecule has 0 aromatic carbocycles. The van der Waals surface area contributed by atoms with Gasteiger partial charge < -0.3 is 0 Å². The summed E-state index contributed by atoms with van der Waals surface area (Å²) in [5, 5.41) is -6.54. The Kier molecular flexibility index (Phi) is 5.07. The van der Waals surface area contributed by atoms with E-state index in [0.717, 1.165) is 6.92 Å². The van der Waals surface area contributed by atoms with Crippen LogP contribution >= 0.6 is 0 Å². The van der Waals surface area contributed by atoms with Gasteiger partial charge in [0.2, 0.25) is 0 Å². The van der Waals surface area contributed by atoms with Crippen LogP contribution < -0.4 is 0 Å². The molecule has 0 aliphatic carbocycles. The molecule has 1 N–H and O–H groups in total. The first-order valence-electron chi connectivity index (χ1n) is 4.70. The Morgan fingerprint density at radius 1 is 0.950 bits per heavy atom. The monoisotopic (exact) mass is 340 g/mol. The van der Waals surface area contributed by atoms with Crippen molar-refractivity contribution in [2.24, 2.45) is 0 Å². The zero-order valence-electron chi connectivity index (χ0n) is 9.52. The summed E-state index contributed by atoms with van der Waals surface area (Å²) in [6, 6.07) is 0. The van der Waals surface area contributed by atoms with Crippen LogP contribution in [0.3, 0.4) is 0 Å². The third-order valence-electron chi connectivity index (χ3n) is 1.91. The summed E-state index contributed by atoms with van der Waals surface area (Å²) in [4.78, 5) is 0. The molecule has 0 heterocycles. The van der Waals surface area contributed by atoms with E-state index in [2.05, 4.69) is 0 Å². The molecule has 0 spiro atoms. The fourth-order valence-electron chi connectivity index (χ4n) is 0.905. The van der Waals surface area contributed by atoms with Gasteiger partial charge in [-0.1, -0.05) is 13.3 Å². The average Bonchev–Trinajstić information content (AvgIpc) is 2.13. The second-order valence-electron chi connectivity index (χ2n) is 3.58. The normalized spacial score (nSPS) is 15.5. The van der Waals surface area contributed by atoms with Crippen LogP contribution in [0.2, 0.25) is 0 Å². The van der Waals surface area contributed by atoms with Gasteiger partial charge >= 0.3 is 33.5 Å². The predicted molar refractivity (Wildman–Crippen MR) is 47.3 cm³/mol. The highest BCUT2D eigenvalue weighted by atomic mass is 32.2. The molecule has 122 valence electrons. The van der Waals surface area contributed by atoms with Gasteiger partial charge in [0.25, 0.3) is 0 Å². The topological polar surface area (TPSA) is 63.6 Å². The fraction of sp³-hybridized carbons (Fsp3) is 1.00. The Morgan fingerprint density at radius 2 is 1.35 bits per heavy atom. The van der Waals surface area contributed by atoms with Crippen molar-refractivity contribution in [2.75, 3.05) is 0 Å². The zero-order chi connectivity index (χ0) is 16.6. The molecule has 0 amide bonds. The number of ether oxygens (including phenoxy) is 1. The summed E-state index contributed by atoms with van der Waals surface area (Å²) in [5.41, 5.74) is 0. The lowest BCUT2D eigenvalue weighted by molar-refractivity contribution is -0.456. The predicted octanol–water partition coefficient (Wildman–Crippen LogP) is 3.10. The Bertz CT molecular complexity index is 446. The maximum absolute atomic E-state index is 12.8. The highest BCUT2D eigenvalue weighted by Gasteiger charge is 2.73. The summed E-state index contributed by atoms with van der Waals surface area (Å²) in [7, 11) is -6.88. The minimum atomic E-state index is -6.88. The minimum Gasteiger partial charge on any atom is -0.281 e. The molecule has 0 unspecified atom stereocenters. The lowest BCUT2D eigenvalue weighted by atomic mass is 10.2. The molecule has 0 saturated carbocycles. The summed E-state index contributed by atoms with van der Waals surface area (Å²) in [5.74, 6) is -5.25. The van der Waals surface area contributed by atoms with Crippen molar-refractivity contribution >= 4 is 10.1 Å². The summed E-state index contributed by atoms with van der Waals surface area (Å²) >= 11 is 0. The Morgan fingerprint density at radius 3 is 1.65 bits per heavy atom. The molecule has 0 rings (SSSR count). The van der Waals surface area contributed by atoms with Gasteiger partial charge in [0.05, 0.1) is 0 Å². The second-order valence-corrected chi connectivity index (χ2v) is 5.04. The van der Waals surface area contributed by atoms with Gasteiger partial charge in [-0.15, -0.1) is 0 Å². The van der Waals surface area contributed by atoms with E-state index in [1.165, 1.54) is 0 Å². The molecular weight excluding hydrogens is 332 g/mol. The summed E-state index contributed by atoms with van der Waals surface area (Å²) < 4.78 is 131. The van der Waals surface area contributed by atoms with E-state index in [0.29, 0.717) is 0 Å². The van der Waals surface area contributed by atoms with Gasteiger partial charge in [0.15, 0.2) is 0 Å². The summed E-state index contributed by atoms with van der Waals surface area (Å²) in [6.45, 7) is 0.967. The molecule has 0 bridgehead atoms. The zero-order valence-corrected chi connectivity index (χ0v) is 10.3. The maximum Gasteiger partial charge on any atom is 0.460 e. The van der Waals surface area contributed by atoms with Crippen molar-refractivity contribution in [1.29, 1.82) is 0 Å². The van der Waals surface area contributed by atoms with Crippen LogP contribution in [-0.2, 0) is 14.9 Å². The molecule has 0 aliphatic rings. The van der Waals surface area contributed by atoms with Crippen LogP contribution in [0.5, 0.6) is 0 Å². The average molecular weight is 340 g/mol. The molecule has 0 aliphatic heterocycles. The van der Waals surface area contributed by atoms with Crippen molar-refractivity contribution < 1.29 is 52.8 Å². The van der Waals surface area contributed by atoms with E-state index in [9.17, 15) is 43.5 Å². The fourth-order valence-corrected chi connectivity index (χ4v) is 1.25. The van der Waals surface area contributed by atoms with E-state index in [4.69, 9.17) is 4.55 Å². The van der Waals surface area contributed by atoms with Crippen LogP contribution in [0.25, 0.3) is 0 Å². The number of hydrogen-bond acceptors (Lipinski definition) is 3. The van der Waals surface area contributed by atoms with Crippen molar-refractivity contribution in [1.82, 2.24) is 0 Å².